The average molecular weight is 464 g/mol. The Hall–Kier alpha value is -1.21. The third kappa shape index (κ3) is 8.21. The van der Waals surface area contributed by atoms with Gasteiger partial charge in [0.05, 0.1) is 20.3 Å². The van der Waals surface area contributed by atoms with Crippen molar-refractivity contribution >= 4 is 36.4 Å². The molecule has 162 valence electrons. The van der Waals surface area contributed by atoms with Crippen molar-refractivity contribution in [1.29, 1.82) is 0 Å². The summed E-state index contributed by atoms with van der Waals surface area (Å²) in [6.45, 7) is 6.83. The van der Waals surface area contributed by atoms with Gasteiger partial charge in [0.25, 0.3) is 0 Å². The minimum atomic E-state index is 0. The van der Waals surface area contributed by atoms with Gasteiger partial charge >= 0.3 is 0 Å². The van der Waals surface area contributed by atoms with Gasteiger partial charge in [0.1, 0.15) is 6.61 Å². The lowest BCUT2D eigenvalue weighted by Crippen LogP contribution is -2.40. The molecule has 0 aromatic heterocycles. The van der Waals surface area contributed by atoms with E-state index >= 15 is 0 Å². The summed E-state index contributed by atoms with van der Waals surface area (Å²) in [4.78, 5) is 2.42. The van der Waals surface area contributed by atoms with Crippen molar-refractivity contribution in [3.05, 3.63) is 58.6 Å². The Morgan fingerprint density at radius 2 is 1.79 bits per heavy atom. The van der Waals surface area contributed by atoms with Gasteiger partial charge in [-0.05, 0) is 23.8 Å². The molecule has 0 radical (unpaired) electrons. The Bertz CT molecular complexity index is 711. The van der Waals surface area contributed by atoms with Crippen molar-refractivity contribution in [1.82, 2.24) is 10.2 Å². The van der Waals surface area contributed by atoms with E-state index in [9.17, 15) is 0 Å². The molecule has 1 N–H and O–H groups in total. The highest BCUT2D eigenvalue weighted by Gasteiger charge is 2.12. The molecule has 0 saturated carbocycles. The Balaban J connectivity index is 0.00000210. The molecule has 29 heavy (non-hydrogen) atoms. The first kappa shape index (κ1) is 25.8. The first-order chi connectivity index (χ1) is 13.3. The van der Waals surface area contributed by atoms with E-state index < -0.39 is 0 Å². The molecule has 8 heteroatoms. The number of para-hydroxylation sites is 1. The number of nitrogens with one attached hydrogen (secondary N) is 1. The van der Waals surface area contributed by atoms with Crippen LogP contribution in [0.3, 0.4) is 0 Å². The monoisotopic (exact) mass is 462 g/mol. The lowest BCUT2D eigenvalue weighted by Gasteiger charge is -2.26. The number of methoxy groups -OCH3 is 1. The summed E-state index contributed by atoms with van der Waals surface area (Å²) < 4.78 is 17.0. The number of rotatable bonds is 9. The number of hydrogen-bond acceptors (Lipinski definition) is 5. The summed E-state index contributed by atoms with van der Waals surface area (Å²) in [6.07, 6.45) is 0. The predicted octanol–water partition coefficient (Wildman–Crippen LogP) is 4.19. The van der Waals surface area contributed by atoms with E-state index in [4.69, 9.17) is 25.8 Å². The maximum Gasteiger partial charge on any atom is 0.166 e. The van der Waals surface area contributed by atoms with Crippen LogP contribution in [0.1, 0.15) is 11.1 Å². The SMILES string of the molecule is COc1cccc(CNCCN2CCOCC2)c1OCc1ccc(Cl)cc1.Cl.Cl. The fourth-order valence-electron chi connectivity index (χ4n) is 3.05. The quantitative estimate of drug-likeness (QED) is 0.565. The van der Waals surface area contributed by atoms with Crippen LogP contribution in [0, 0.1) is 0 Å². The van der Waals surface area contributed by atoms with Crippen molar-refractivity contribution in [2.24, 2.45) is 0 Å². The van der Waals surface area contributed by atoms with Crippen LogP contribution in [0.15, 0.2) is 42.5 Å². The highest BCUT2D eigenvalue weighted by atomic mass is 35.5. The number of nitrogens with zero attached hydrogens (tertiary/aromatic N) is 1. The second-order valence-electron chi connectivity index (χ2n) is 6.49. The van der Waals surface area contributed by atoms with Crippen molar-refractivity contribution in [2.75, 3.05) is 46.5 Å². The number of halogens is 3. The molecule has 0 unspecified atom stereocenters. The van der Waals surface area contributed by atoms with Gasteiger partial charge in [-0.15, -0.1) is 24.8 Å². The molecule has 1 aliphatic heterocycles. The number of ether oxygens (including phenoxy) is 3. The van der Waals surface area contributed by atoms with E-state index in [-0.39, 0.29) is 24.8 Å². The minimum Gasteiger partial charge on any atom is -0.493 e. The highest BCUT2D eigenvalue weighted by molar-refractivity contribution is 6.30. The van der Waals surface area contributed by atoms with Gasteiger partial charge in [-0.1, -0.05) is 35.9 Å². The maximum absolute atomic E-state index is 6.10. The number of hydrogen-bond donors (Lipinski definition) is 1. The van der Waals surface area contributed by atoms with Crippen LogP contribution in [0.2, 0.25) is 5.02 Å². The van der Waals surface area contributed by atoms with E-state index in [1.807, 2.05) is 36.4 Å². The highest BCUT2D eigenvalue weighted by Crippen LogP contribution is 2.31. The zero-order valence-electron chi connectivity index (χ0n) is 16.6. The molecule has 0 aliphatic carbocycles. The molecule has 3 rings (SSSR count). The topological polar surface area (TPSA) is 43.0 Å². The molecule has 1 saturated heterocycles. The first-order valence-corrected chi connectivity index (χ1v) is 9.68. The second-order valence-corrected chi connectivity index (χ2v) is 6.93. The van der Waals surface area contributed by atoms with Gasteiger partial charge in [-0.25, -0.2) is 0 Å². The smallest absolute Gasteiger partial charge is 0.166 e. The van der Waals surface area contributed by atoms with Crippen LogP contribution in [0.25, 0.3) is 0 Å². The van der Waals surface area contributed by atoms with Crippen LogP contribution >= 0.6 is 36.4 Å². The van der Waals surface area contributed by atoms with E-state index in [2.05, 4.69) is 16.3 Å². The lowest BCUT2D eigenvalue weighted by atomic mass is 10.1. The van der Waals surface area contributed by atoms with Gasteiger partial charge in [0.15, 0.2) is 11.5 Å². The zero-order chi connectivity index (χ0) is 18.9. The predicted molar refractivity (Wildman–Crippen MR) is 122 cm³/mol. The summed E-state index contributed by atoms with van der Waals surface area (Å²) in [6, 6.07) is 13.7. The fraction of sp³-hybridized carbons (Fsp3) is 0.429. The Morgan fingerprint density at radius 1 is 1.07 bits per heavy atom. The summed E-state index contributed by atoms with van der Waals surface area (Å²) in [5, 5.41) is 4.23. The molecule has 0 spiro atoms. The largest absolute Gasteiger partial charge is 0.493 e. The van der Waals surface area contributed by atoms with E-state index in [1.165, 1.54) is 0 Å². The van der Waals surface area contributed by atoms with Crippen LogP contribution in [-0.2, 0) is 17.9 Å². The Labute approximate surface area is 190 Å². The molecule has 1 aliphatic rings. The van der Waals surface area contributed by atoms with Gasteiger partial charge < -0.3 is 19.5 Å². The van der Waals surface area contributed by atoms with Gasteiger partial charge in [-0.2, -0.15) is 0 Å². The third-order valence-electron chi connectivity index (χ3n) is 4.60. The summed E-state index contributed by atoms with van der Waals surface area (Å²) in [5.74, 6) is 1.53. The van der Waals surface area contributed by atoms with Crippen molar-refractivity contribution < 1.29 is 14.2 Å². The van der Waals surface area contributed by atoms with Gasteiger partial charge in [-0.3, -0.25) is 4.90 Å². The van der Waals surface area contributed by atoms with Crippen LogP contribution < -0.4 is 14.8 Å². The number of benzene rings is 2. The summed E-state index contributed by atoms with van der Waals surface area (Å²) in [5.41, 5.74) is 2.15. The Morgan fingerprint density at radius 3 is 2.48 bits per heavy atom. The van der Waals surface area contributed by atoms with E-state index in [0.717, 1.165) is 73.6 Å². The molecule has 0 atom stereocenters. The molecule has 0 amide bonds. The standard InChI is InChI=1S/C21H27ClN2O3.2ClH/c1-25-20-4-2-3-18(15-23-9-10-24-11-13-26-14-12-24)21(20)27-16-17-5-7-19(22)8-6-17;;/h2-8,23H,9-16H2,1H3;2*1H. The van der Waals surface area contributed by atoms with Crippen LogP contribution in [0.5, 0.6) is 11.5 Å². The fourth-order valence-corrected chi connectivity index (χ4v) is 3.17. The van der Waals surface area contributed by atoms with E-state index in [1.54, 1.807) is 7.11 Å². The molecule has 2 aromatic carbocycles. The van der Waals surface area contributed by atoms with Gasteiger partial charge in [0.2, 0.25) is 0 Å². The molecule has 5 nitrogen and oxygen atoms in total. The normalized spacial score (nSPS) is 13.9. The van der Waals surface area contributed by atoms with Crippen molar-refractivity contribution in [3.8, 4) is 11.5 Å². The zero-order valence-corrected chi connectivity index (χ0v) is 19.0. The molecular formula is C21H29Cl3N2O3. The van der Waals surface area contributed by atoms with Crippen molar-refractivity contribution in [3.63, 3.8) is 0 Å². The molecule has 2 aromatic rings. The summed E-state index contributed by atoms with van der Waals surface area (Å²) >= 11 is 5.95. The molecule has 1 heterocycles. The third-order valence-corrected chi connectivity index (χ3v) is 4.85. The summed E-state index contributed by atoms with van der Waals surface area (Å²) in [7, 11) is 1.67. The first-order valence-electron chi connectivity index (χ1n) is 9.30. The Kier molecular flexibility index (Phi) is 12.4. The minimum absolute atomic E-state index is 0. The van der Waals surface area contributed by atoms with E-state index in [0.29, 0.717) is 6.61 Å². The lowest BCUT2D eigenvalue weighted by molar-refractivity contribution is 0.0384. The maximum atomic E-state index is 6.10. The molecular weight excluding hydrogens is 435 g/mol. The van der Waals surface area contributed by atoms with Crippen LogP contribution in [-0.4, -0.2) is 51.4 Å². The van der Waals surface area contributed by atoms with Gasteiger partial charge in [0, 0.05) is 43.3 Å². The molecule has 0 bridgehead atoms. The van der Waals surface area contributed by atoms with Crippen LogP contribution in [0.4, 0.5) is 0 Å². The average Bonchev–Trinajstić information content (AvgIpc) is 2.72. The van der Waals surface area contributed by atoms with Crippen molar-refractivity contribution in [2.45, 2.75) is 13.2 Å². The second kappa shape index (κ2) is 13.9. The number of morpholine rings is 1. The molecule has 1 fully saturated rings.